The second-order valence-corrected chi connectivity index (χ2v) is 21.9. The molecule has 4 N–H and O–H groups in total. The molecule has 8 aromatic rings. The van der Waals surface area contributed by atoms with Crippen molar-refractivity contribution in [2.24, 2.45) is 14.1 Å². The number of nitrogens with two attached hydrogens (primary N) is 2. The molecule has 2 saturated carbocycles. The summed E-state index contributed by atoms with van der Waals surface area (Å²) < 4.78 is 32.8. The van der Waals surface area contributed by atoms with Crippen LogP contribution in [-0.2, 0) is 35.7 Å². The van der Waals surface area contributed by atoms with Gasteiger partial charge in [-0.2, -0.15) is 0 Å². The summed E-state index contributed by atoms with van der Waals surface area (Å²) in [6.45, 7) is 4.20. The first-order chi connectivity index (χ1) is 30.2. The minimum Gasteiger partial charge on any atom is -0.396 e. The molecule has 62 heavy (non-hydrogen) atoms. The molecule has 2 fully saturated rings. The topological polar surface area (TPSA) is 173 Å². The number of unbranched alkanes of at least 4 members (excludes halogenated alkanes) is 2. The number of fused-ring (bicyclic) bond motifs is 2. The smallest absolute Gasteiger partial charge is 0.127 e. The Morgan fingerprint density at radius 2 is 1.29 bits per heavy atom. The Balaban J connectivity index is 1.04. The third-order valence-corrected chi connectivity index (χ3v) is 18.2. The molecule has 8 aromatic heterocycles. The number of hydrogen-bond donors (Lipinski definition) is 2. The van der Waals surface area contributed by atoms with Gasteiger partial charge in [-0.15, -0.1) is 22.7 Å². The number of thiophene rings is 2. The largest absolute Gasteiger partial charge is 0.396 e. The fraction of sp³-hybridized carbons (Fsp3) is 0.348. The van der Waals surface area contributed by atoms with Gasteiger partial charge in [0.15, 0.2) is 0 Å². The SMILES string of the molecule is CCCC[S@@](=O)c1sc2nc(-c3cccnc3C3CC3c3ncc(-c4cc(-c5cccnc5)nc5sc([S@@](=O)CCCC)c(N)c45)n3C)cc(-c3cnc(C4CC4)n3C)c2c1N. The number of nitrogen functional groups attached to an aromatic ring is 2. The number of imidazole rings is 2. The molecule has 12 nitrogen and oxygen atoms in total. The number of nitrogens with zero attached hydrogens (tertiary/aromatic N) is 8. The van der Waals surface area contributed by atoms with Crippen molar-refractivity contribution in [2.45, 2.75) is 85.0 Å². The molecule has 2 unspecified atom stereocenters. The lowest BCUT2D eigenvalue weighted by atomic mass is 10.0. The van der Waals surface area contributed by atoms with E-state index in [2.05, 4.69) is 60.3 Å². The number of hydrogen-bond acceptors (Lipinski definition) is 12. The average molecular weight is 901 g/mol. The third kappa shape index (κ3) is 7.18. The van der Waals surface area contributed by atoms with Gasteiger partial charge in [-0.25, -0.2) is 19.9 Å². The van der Waals surface area contributed by atoms with Crippen LogP contribution >= 0.6 is 22.7 Å². The van der Waals surface area contributed by atoms with E-state index < -0.39 is 21.6 Å². The molecule has 0 bridgehead atoms. The van der Waals surface area contributed by atoms with Crippen molar-refractivity contribution >= 4 is 76.1 Å². The Bertz CT molecular complexity index is 3060. The summed E-state index contributed by atoms with van der Waals surface area (Å²) >= 11 is 2.85. The van der Waals surface area contributed by atoms with Crippen LogP contribution in [0.3, 0.4) is 0 Å². The van der Waals surface area contributed by atoms with Crippen LogP contribution in [0.2, 0.25) is 0 Å². The molecule has 4 atom stereocenters. The van der Waals surface area contributed by atoms with Crippen molar-refractivity contribution in [1.82, 2.24) is 39.0 Å². The summed E-state index contributed by atoms with van der Waals surface area (Å²) in [5, 5.41) is 1.64. The van der Waals surface area contributed by atoms with Gasteiger partial charge in [0, 0.05) is 95.0 Å². The van der Waals surface area contributed by atoms with E-state index in [-0.39, 0.29) is 11.8 Å². The van der Waals surface area contributed by atoms with E-state index >= 15 is 0 Å². The predicted octanol–water partition coefficient (Wildman–Crippen LogP) is 9.96. The van der Waals surface area contributed by atoms with Crippen molar-refractivity contribution in [3.8, 4) is 45.0 Å². The summed E-state index contributed by atoms with van der Waals surface area (Å²) in [5.74, 6) is 3.84. The number of pyridine rings is 4. The van der Waals surface area contributed by atoms with Crippen LogP contribution < -0.4 is 11.5 Å². The molecule has 2 aliphatic rings. The molecule has 2 aliphatic carbocycles. The van der Waals surface area contributed by atoms with E-state index in [0.717, 1.165) is 128 Å². The summed E-state index contributed by atoms with van der Waals surface area (Å²) in [5.41, 5.74) is 22.9. The number of rotatable bonds is 15. The van der Waals surface area contributed by atoms with Crippen LogP contribution in [0.1, 0.15) is 93.9 Å². The predicted molar refractivity (Wildman–Crippen MR) is 253 cm³/mol. The van der Waals surface area contributed by atoms with Crippen LogP contribution in [-0.4, -0.2) is 59.0 Å². The van der Waals surface area contributed by atoms with Crippen molar-refractivity contribution in [2.75, 3.05) is 23.0 Å². The zero-order valence-corrected chi connectivity index (χ0v) is 38.4. The third-order valence-electron chi connectivity index (χ3n) is 12.2. The highest BCUT2D eigenvalue weighted by molar-refractivity contribution is 7.88. The molecule has 10 rings (SSSR count). The lowest BCUT2D eigenvalue weighted by Crippen LogP contribution is -2.02. The van der Waals surface area contributed by atoms with Crippen molar-refractivity contribution < 1.29 is 8.42 Å². The average Bonchev–Trinajstić information content (AvgIpc) is 4.15. The summed E-state index contributed by atoms with van der Waals surface area (Å²) in [6.07, 6.45) is 16.1. The minimum atomic E-state index is -1.23. The van der Waals surface area contributed by atoms with E-state index in [1.165, 1.54) is 22.7 Å². The number of aromatic nitrogens is 8. The zero-order chi connectivity index (χ0) is 42.8. The fourth-order valence-electron chi connectivity index (χ4n) is 8.61. The second kappa shape index (κ2) is 16.5. The quantitative estimate of drug-likeness (QED) is 0.101. The monoisotopic (exact) mass is 900 g/mol. The van der Waals surface area contributed by atoms with Gasteiger partial charge in [0.25, 0.3) is 0 Å². The molecule has 0 amide bonds. The van der Waals surface area contributed by atoms with E-state index in [4.69, 9.17) is 36.4 Å². The Kier molecular flexibility index (Phi) is 10.9. The first kappa shape index (κ1) is 40.9. The highest BCUT2D eigenvalue weighted by Gasteiger charge is 2.45. The standard InChI is InChI=1S/C46H48N10O2S4/c1-5-7-17-61(57)45-38(47)36-30(20-32(53-43(36)59-45)26-11-9-15-49-22-26)35-24-52-42(56(35)4)29-19-28(29)40-27(12-10-16-50-40)33-21-31(34-23-51-41(55(34)3)25-13-14-25)37-39(48)46(60-44(37)54-33)62(58)18-8-6-2/h9-12,15-16,20-25,28-29H,5-8,13-14,17-19,47-48H2,1-4H3/t28?,29?,61-,62+/m0/s1. The molecular formula is C46H48N10O2S4. The first-order valence-electron chi connectivity index (χ1n) is 21.3. The minimum absolute atomic E-state index is 0.104. The van der Waals surface area contributed by atoms with Gasteiger partial charge < -0.3 is 20.6 Å². The number of anilines is 2. The normalized spacial score (nSPS) is 17.3. The van der Waals surface area contributed by atoms with Crippen molar-refractivity contribution in [3.63, 3.8) is 0 Å². The maximum atomic E-state index is 13.6. The van der Waals surface area contributed by atoms with Gasteiger partial charge >= 0.3 is 0 Å². The first-order valence-corrected chi connectivity index (χ1v) is 25.6. The molecular weight excluding hydrogens is 853 g/mol. The van der Waals surface area contributed by atoms with Crippen LogP contribution in [0.25, 0.3) is 65.5 Å². The highest BCUT2D eigenvalue weighted by atomic mass is 32.2. The maximum absolute atomic E-state index is 13.6. The van der Waals surface area contributed by atoms with E-state index in [9.17, 15) is 8.42 Å². The van der Waals surface area contributed by atoms with Gasteiger partial charge in [0.1, 0.15) is 29.7 Å². The lowest BCUT2D eigenvalue weighted by molar-refractivity contribution is 0.680. The van der Waals surface area contributed by atoms with E-state index in [0.29, 0.717) is 37.2 Å². The van der Waals surface area contributed by atoms with Crippen LogP contribution in [0.15, 0.2) is 75.8 Å². The van der Waals surface area contributed by atoms with Gasteiger partial charge in [-0.1, -0.05) is 26.7 Å². The molecule has 0 spiro atoms. The maximum Gasteiger partial charge on any atom is 0.127 e. The zero-order valence-electron chi connectivity index (χ0n) is 35.1. The van der Waals surface area contributed by atoms with E-state index in [1.807, 2.05) is 43.0 Å². The molecule has 16 heteroatoms. The van der Waals surface area contributed by atoms with Crippen LogP contribution in [0.5, 0.6) is 0 Å². The Morgan fingerprint density at radius 3 is 1.89 bits per heavy atom. The molecule has 0 saturated heterocycles. The molecule has 0 aromatic carbocycles. The second-order valence-electron chi connectivity index (χ2n) is 16.4. The van der Waals surface area contributed by atoms with Crippen molar-refractivity contribution in [3.05, 3.63) is 84.7 Å². The Hall–Kier alpha value is -5.16. The van der Waals surface area contributed by atoms with Gasteiger partial charge in [0.2, 0.25) is 0 Å². The lowest BCUT2D eigenvalue weighted by Gasteiger charge is -2.13. The Labute approximate surface area is 373 Å². The van der Waals surface area contributed by atoms with Crippen LogP contribution in [0, 0.1) is 0 Å². The Morgan fingerprint density at radius 1 is 0.710 bits per heavy atom. The van der Waals surface area contributed by atoms with Gasteiger partial charge in [-0.3, -0.25) is 18.4 Å². The fourth-order valence-corrected chi connectivity index (χ4v) is 14.2. The highest BCUT2D eigenvalue weighted by Crippen LogP contribution is 2.56. The summed E-state index contributed by atoms with van der Waals surface area (Å²) in [4.78, 5) is 31.1. The molecule has 0 aliphatic heterocycles. The van der Waals surface area contributed by atoms with Crippen molar-refractivity contribution in [1.29, 1.82) is 0 Å². The summed E-state index contributed by atoms with van der Waals surface area (Å²) in [6, 6.07) is 12.1. The van der Waals surface area contributed by atoms with Crippen LogP contribution in [0.4, 0.5) is 11.4 Å². The van der Waals surface area contributed by atoms with Gasteiger partial charge in [-0.05, 0) is 68.5 Å². The molecule has 318 valence electrons. The summed E-state index contributed by atoms with van der Waals surface area (Å²) in [7, 11) is 1.68. The van der Waals surface area contributed by atoms with Gasteiger partial charge in [0.05, 0.1) is 73.8 Å². The molecule has 8 heterocycles. The molecule has 0 radical (unpaired) electrons. The van der Waals surface area contributed by atoms with E-state index in [1.54, 1.807) is 6.20 Å².